The third kappa shape index (κ3) is 2.86. The van der Waals surface area contributed by atoms with Crippen molar-refractivity contribution in [2.24, 2.45) is 0 Å². The van der Waals surface area contributed by atoms with Crippen molar-refractivity contribution < 1.29 is 13.5 Å². The highest BCUT2D eigenvalue weighted by Gasteiger charge is 2.38. The van der Waals surface area contributed by atoms with E-state index in [1.807, 2.05) is 12.1 Å². The summed E-state index contributed by atoms with van der Waals surface area (Å²) in [5.74, 6) is 0.362. The molecule has 100 valence electrons. The number of benzene rings is 1. The van der Waals surface area contributed by atoms with Gasteiger partial charge in [-0.2, -0.15) is 0 Å². The molecule has 1 aliphatic rings. The Labute approximate surface area is 109 Å². The fourth-order valence-electron chi connectivity index (χ4n) is 3.14. The number of para-hydroxylation sites is 1. The first-order valence-electron chi connectivity index (χ1n) is 6.39. The SMILES string of the molecule is CS(=O)(=O)CC1(c2ccccc2O)CCCCC1. The number of phenols is 1. The molecule has 0 aromatic heterocycles. The van der Waals surface area contributed by atoms with E-state index in [1.165, 1.54) is 6.26 Å². The Morgan fingerprint density at radius 2 is 1.78 bits per heavy atom. The van der Waals surface area contributed by atoms with Gasteiger partial charge in [0.05, 0.1) is 5.75 Å². The van der Waals surface area contributed by atoms with Gasteiger partial charge in [0.25, 0.3) is 0 Å². The molecule has 1 fully saturated rings. The van der Waals surface area contributed by atoms with Crippen molar-refractivity contribution in [1.29, 1.82) is 0 Å². The molecule has 1 aromatic carbocycles. The molecule has 0 saturated heterocycles. The quantitative estimate of drug-likeness (QED) is 0.917. The van der Waals surface area contributed by atoms with Crippen LogP contribution in [0, 0.1) is 0 Å². The monoisotopic (exact) mass is 268 g/mol. The van der Waals surface area contributed by atoms with E-state index in [4.69, 9.17) is 0 Å². The lowest BCUT2D eigenvalue weighted by Crippen LogP contribution is -2.36. The zero-order chi connectivity index (χ0) is 13.2. The van der Waals surface area contributed by atoms with Gasteiger partial charge in [-0.15, -0.1) is 0 Å². The molecule has 0 bridgehead atoms. The third-order valence-corrected chi connectivity index (χ3v) is 4.90. The minimum absolute atomic E-state index is 0.136. The van der Waals surface area contributed by atoms with Crippen molar-refractivity contribution in [3.63, 3.8) is 0 Å². The average Bonchev–Trinajstić information content (AvgIpc) is 2.28. The zero-order valence-electron chi connectivity index (χ0n) is 10.7. The van der Waals surface area contributed by atoms with Crippen molar-refractivity contribution in [2.75, 3.05) is 12.0 Å². The Morgan fingerprint density at radius 3 is 2.33 bits per heavy atom. The normalized spacial score (nSPS) is 19.6. The number of aromatic hydroxyl groups is 1. The molecule has 0 amide bonds. The molecule has 1 aromatic rings. The molecule has 1 N–H and O–H groups in total. The smallest absolute Gasteiger partial charge is 0.148 e. The molecule has 0 atom stereocenters. The first kappa shape index (κ1) is 13.4. The number of sulfone groups is 1. The summed E-state index contributed by atoms with van der Waals surface area (Å²) in [5, 5.41) is 10.0. The van der Waals surface area contributed by atoms with E-state index in [-0.39, 0.29) is 11.5 Å². The van der Waals surface area contributed by atoms with Crippen LogP contribution in [0.2, 0.25) is 0 Å². The van der Waals surface area contributed by atoms with Crippen LogP contribution in [0.4, 0.5) is 0 Å². The van der Waals surface area contributed by atoms with Gasteiger partial charge in [0.1, 0.15) is 15.6 Å². The topological polar surface area (TPSA) is 54.4 Å². The van der Waals surface area contributed by atoms with Gasteiger partial charge in [-0.3, -0.25) is 0 Å². The third-order valence-electron chi connectivity index (χ3n) is 3.82. The van der Waals surface area contributed by atoms with Crippen LogP contribution in [0.1, 0.15) is 37.7 Å². The summed E-state index contributed by atoms with van der Waals surface area (Å²) in [5.41, 5.74) is 0.409. The maximum Gasteiger partial charge on any atom is 0.148 e. The summed E-state index contributed by atoms with van der Waals surface area (Å²) in [4.78, 5) is 0. The van der Waals surface area contributed by atoms with Gasteiger partial charge in [0, 0.05) is 17.2 Å². The summed E-state index contributed by atoms with van der Waals surface area (Å²) in [7, 11) is -3.06. The highest BCUT2D eigenvalue weighted by molar-refractivity contribution is 7.90. The van der Waals surface area contributed by atoms with Crippen molar-refractivity contribution in [3.05, 3.63) is 29.8 Å². The largest absolute Gasteiger partial charge is 0.508 e. The van der Waals surface area contributed by atoms with E-state index >= 15 is 0 Å². The summed E-state index contributed by atoms with van der Waals surface area (Å²) < 4.78 is 23.4. The van der Waals surface area contributed by atoms with E-state index in [1.54, 1.807) is 12.1 Å². The molecule has 0 spiro atoms. The standard InChI is InChI=1S/C14H20O3S/c1-18(16,17)11-14(9-5-2-6-10-14)12-7-3-4-8-13(12)15/h3-4,7-8,15H,2,5-6,9-11H2,1H3. The second-order valence-corrected chi connectivity index (χ2v) is 7.57. The number of phenolic OH excluding ortho intramolecular Hbond substituents is 1. The number of hydrogen-bond acceptors (Lipinski definition) is 3. The van der Waals surface area contributed by atoms with Gasteiger partial charge < -0.3 is 5.11 Å². The van der Waals surface area contributed by atoms with Gasteiger partial charge in [-0.05, 0) is 18.9 Å². The van der Waals surface area contributed by atoms with Crippen LogP contribution in [0.5, 0.6) is 5.75 Å². The number of hydrogen-bond donors (Lipinski definition) is 1. The molecule has 0 aliphatic heterocycles. The molecule has 0 radical (unpaired) electrons. The summed E-state index contributed by atoms with van der Waals surface area (Å²) >= 11 is 0. The molecular weight excluding hydrogens is 248 g/mol. The Morgan fingerprint density at radius 1 is 1.17 bits per heavy atom. The van der Waals surface area contributed by atoms with Gasteiger partial charge in [-0.1, -0.05) is 37.5 Å². The van der Waals surface area contributed by atoms with Crippen LogP contribution >= 0.6 is 0 Å². The lowest BCUT2D eigenvalue weighted by atomic mass is 9.70. The zero-order valence-corrected chi connectivity index (χ0v) is 11.5. The molecule has 18 heavy (non-hydrogen) atoms. The van der Waals surface area contributed by atoms with E-state index in [0.717, 1.165) is 37.7 Å². The minimum atomic E-state index is -3.06. The highest BCUT2D eigenvalue weighted by atomic mass is 32.2. The van der Waals surface area contributed by atoms with Gasteiger partial charge in [0.2, 0.25) is 0 Å². The molecule has 0 unspecified atom stereocenters. The fourth-order valence-corrected chi connectivity index (χ4v) is 4.59. The summed E-state index contributed by atoms with van der Waals surface area (Å²) in [6.07, 6.45) is 6.19. The Hall–Kier alpha value is -1.03. The first-order chi connectivity index (χ1) is 8.43. The summed E-state index contributed by atoms with van der Waals surface area (Å²) in [6.45, 7) is 0. The van der Waals surface area contributed by atoms with Crippen LogP contribution in [0.15, 0.2) is 24.3 Å². The molecular formula is C14H20O3S. The van der Waals surface area contributed by atoms with Crippen molar-refractivity contribution >= 4 is 9.84 Å². The van der Waals surface area contributed by atoms with Crippen LogP contribution in [-0.2, 0) is 15.3 Å². The van der Waals surface area contributed by atoms with Crippen molar-refractivity contribution in [3.8, 4) is 5.75 Å². The van der Waals surface area contributed by atoms with Crippen molar-refractivity contribution in [1.82, 2.24) is 0 Å². The Bertz CT molecular complexity index is 514. The predicted molar refractivity (Wildman–Crippen MR) is 72.6 cm³/mol. The van der Waals surface area contributed by atoms with Gasteiger partial charge in [-0.25, -0.2) is 8.42 Å². The molecule has 4 heteroatoms. The Balaban J connectivity index is 2.45. The molecule has 0 heterocycles. The lowest BCUT2D eigenvalue weighted by Gasteiger charge is -2.37. The van der Waals surface area contributed by atoms with Crippen LogP contribution in [-0.4, -0.2) is 25.5 Å². The van der Waals surface area contributed by atoms with Gasteiger partial charge in [0.15, 0.2) is 0 Å². The maximum atomic E-state index is 11.7. The predicted octanol–water partition coefficient (Wildman–Crippen LogP) is 2.64. The minimum Gasteiger partial charge on any atom is -0.508 e. The van der Waals surface area contributed by atoms with E-state index in [9.17, 15) is 13.5 Å². The molecule has 1 aliphatic carbocycles. The van der Waals surface area contributed by atoms with Crippen LogP contribution in [0.25, 0.3) is 0 Å². The van der Waals surface area contributed by atoms with Crippen LogP contribution in [0.3, 0.4) is 0 Å². The fraction of sp³-hybridized carbons (Fsp3) is 0.571. The van der Waals surface area contributed by atoms with E-state index in [2.05, 4.69) is 0 Å². The maximum absolute atomic E-state index is 11.7. The average molecular weight is 268 g/mol. The summed E-state index contributed by atoms with van der Waals surface area (Å²) in [6, 6.07) is 7.16. The second kappa shape index (κ2) is 4.92. The lowest BCUT2D eigenvalue weighted by molar-refractivity contribution is 0.310. The highest BCUT2D eigenvalue weighted by Crippen LogP contribution is 2.43. The first-order valence-corrected chi connectivity index (χ1v) is 8.45. The number of rotatable bonds is 3. The van der Waals surface area contributed by atoms with Crippen LogP contribution < -0.4 is 0 Å². The van der Waals surface area contributed by atoms with E-state index in [0.29, 0.717) is 0 Å². The Kier molecular flexibility index (Phi) is 3.66. The molecule has 1 saturated carbocycles. The molecule has 2 rings (SSSR count). The van der Waals surface area contributed by atoms with Gasteiger partial charge >= 0.3 is 0 Å². The second-order valence-electron chi connectivity index (χ2n) is 5.43. The van der Waals surface area contributed by atoms with Crippen molar-refractivity contribution in [2.45, 2.75) is 37.5 Å². The van der Waals surface area contributed by atoms with E-state index < -0.39 is 15.3 Å². The molecule has 3 nitrogen and oxygen atoms in total.